The number of aliphatic hydroxyl groups is 1. The maximum absolute atomic E-state index is 9.18. The number of hydrogen-bond acceptors (Lipinski definition) is 4. The molecule has 4 nitrogen and oxygen atoms in total. The molecule has 0 spiro atoms. The van der Waals surface area contributed by atoms with Crippen LogP contribution in [0.4, 0.5) is 5.82 Å². The van der Waals surface area contributed by atoms with Crippen LogP contribution in [0.15, 0.2) is 24.3 Å². The van der Waals surface area contributed by atoms with Gasteiger partial charge in [-0.3, -0.25) is 0 Å². The molecule has 2 rings (SSSR count). The molecule has 102 valence electrons. The number of para-hydroxylation sites is 2. The molecule has 0 aliphatic rings. The van der Waals surface area contributed by atoms with E-state index in [4.69, 9.17) is 0 Å². The highest BCUT2D eigenvalue weighted by Crippen LogP contribution is 2.23. The van der Waals surface area contributed by atoms with Crippen LogP contribution in [-0.4, -0.2) is 27.2 Å². The van der Waals surface area contributed by atoms with Gasteiger partial charge >= 0.3 is 0 Å². The topological polar surface area (TPSA) is 58.0 Å². The third-order valence-corrected chi connectivity index (χ3v) is 3.61. The second-order valence-electron chi connectivity index (χ2n) is 5.16. The Morgan fingerprint density at radius 1 is 1.21 bits per heavy atom. The van der Waals surface area contributed by atoms with Crippen LogP contribution in [0.1, 0.15) is 32.4 Å². The van der Waals surface area contributed by atoms with Gasteiger partial charge in [-0.25, -0.2) is 9.97 Å². The maximum atomic E-state index is 9.18. The first kappa shape index (κ1) is 13.7. The number of aliphatic hydroxyl groups excluding tert-OH is 1. The van der Waals surface area contributed by atoms with E-state index in [0.29, 0.717) is 6.42 Å². The largest absolute Gasteiger partial charge is 0.396 e. The molecule has 2 aromatic rings. The first-order valence-electron chi connectivity index (χ1n) is 6.70. The van der Waals surface area contributed by atoms with Crippen molar-refractivity contribution in [1.82, 2.24) is 9.97 Å². The molecule has 0 bridgehead atoms. The van der Waals surface area contributed by atoms with Crippen LogP contribution in [-0.2, 0) is 0 Å². The van der Waals surface area contributed by atoms with E-state index in [-0.39, 0.29) is 12.1 Å². The number of nitrogens with one attached hydrogen (secondary N) is 1. The van der Waals surface area contributed by atoms with Gasteiger partial charge < -0.3 is 10.4 Å². The lowest BCUT2D eigenvalue weighted by Gasteiger charge is -2.30. The SMILES string of the molecule is CCC(C)(CCO)Nc1nc2ccccc2nc1C. The van der Waals surface area contributed by atoms with Crippen molar-refractivity contribution in [3.05, 3.63) is 30.0 Å². The number of rotatable bonds is 5. The van der Waals surface area contributed by atoms with Crippen LogP contribution in [0.2, 0.25) is 0 Å². The van der Waals surface area contributed by atoms with Crippen LogP contribution in [0.5, 0.6) is 0 Å². The molecule has 0 aliphatic carbocycles. The molecule has 4 heteroatoms. The first-order chi connectivity index (χ1) is 9.08. The second kappa shape index (κ2) is 5.53. The standard InChI is InChI=1S/C15H21N3O/c1-4-15(3,9-10-19)18-14-11(2)16-12-7-5-6-8-13(12)17-14/h5-8,19H,4,9-10H2,1-3H3,(H,17,18). The van der Waals surface area contributed by atoms with Gasteiger partial charge in [-0.2, -0.15) is 0 Å². The van der Waals surface area contributed by atoms with Crippen LogP contribution < -0.4 is 5.32 Å². The zero-order valence-electron chi connectivity index (χ0n) is 11.8. The van der Waals surface area contributed by atoms with Gasteiger partial charge in [-0.05, 0) is 38.8 Å². The van der Waals surface area contributed by atoms with Crippen molar-refractivity contribution in [2.45, 2.75) is 39.2 Å². The molecule has 19 heavy (non-hydrogen) atoms. The van der Waals surface area contributed by atoms with Gasteiger partial charge in [0.15, 0.2) is 0 Å². The molecule has 1 aromatic carbocycles. The summed E-state index contributed by atoms with van der Waals surface area (Å²) in [4.78, 5) is 9.20. The Balaban J connectivity index is 2.36. The Labute approximate surface area is 113 Å². The summed E-state index contributed by atoms with van der Waals surface area (Å²) < 4.78 is 0. The Kier molecular flexibility index (Phi) is 4.00. The van der Waals surface area contributed by atoms with Gasteiger partial charge in [0, 0.05) is 12.1 Å². The van der Waals surface area contributed by atoms with Gasteiger partial charge in [0.25, 0.3) is 0 Å². The maximum Gasteiger partial charge on any atom is 0.148 e. The molecule has 1 unspecified atom stereocenters. The molecule has 2 N–H and O–H groups in total. The van der Waals surface area contributed by atoms with E-state index >= 15 is 0 Å². The zero-order chi connectivity index (χ0) is 13.9. The molecular weight excluding hydrogens is 238 g/mol. The van der Waals surface area contributed by atoms with Crippen molar-refractivity contribution >= 4 is 16.9 Å². The number of aryl methyl sites for hydroxylation is 1. The lowest BCUT2D eigenvalue weighted by atomic mass is 9.95. The highest BCUT2D eigenvalue weighted by Gasteiger charge is 2.22. The van der Waals surface area contributed by atoms with Gasteiger partial charge in [0.05, 0.1) is 16.7 Å². The summed E-state index contributed by atoms with van der Waals surface area (Å²) in [5.74, 6) is 0.802. The molecule has 0 fully saturated rings. The van der Waals surface area contributed by atoms with E-state index in [1.165, 1.54) is 0 Å². The van der Waals surface area contributed by atoms with Gasteiger partial charge in [0.2, 0.25) is 0 Å². The Morgan fingerprint density at radius 3 is 2.42 bits per heavy atom. The summed E-state index contributed by atoms with van der Waals surface area (Å²) in [6, 6.07) is 7.85. The van der Waals surface area contributed by atoms with E-state index in [1.807, 2.05) is 31.2 Å². The van der Waals surface area contributed by atoms with E-state index in [9.17, 15) is 5.11 Å². The number of fused-ring (bicyclic) bond motifs is 1. The quantitative estimate of drug-likeness (QED) is 0.867. The lowest BCUT2D eigenvalue weighted by molar-refractivity contribution is 0.251. The zero-order valence-corrected chi connectivity index (χ0v) is 11.8. The molecular formula is C15H21N3O. The molecule has 1 atom stereocenters. The van der Waals surface area contributed by atoms with Crippen molar-refractivity contribution < 1.29 is 5.11 Å². The lowest BCUT2D eigenvalue weighted by Crippen LogP contribution is -2.35. The second-order valence-corrected chi connectivity index (χ2v) is 5.16. The normalized spacial score (nSPS) is 14.3. The Hall–Kier alpha value is -1.68. The fraction of sp³-hybridized carbons (Fsp3) is 0.467. The number of aromatic nitrogens is 2. The van der Waals surface area contributed by atoms with E-state index in [2.05, 4.69) is 29.1 Å². The van der Waals surface area contributed by atoms with Crippen molar-refractivity contribution in [3.63, 3.8) is 0 Å². The Morgan fingerprint density at radius 2 is 1.84 bits per heavy atom. The number of hydrogen-bond donors (Lipinski definition) is 2. The molecule has 0 saturated heterocycles. The molecule has 0 radical (unpaired) electrons. The number of anilines is 1. The molecule has 1 aromatic heterocycles. The smallest absolute Gasteiger partial charge is 0.148 e. The first-order valence-corrected chi connectivity index (χ1v) is 6.70. The van der Waals surface area contributed by atoms with Gasteiger partial charge in [-0.15, -0.1) is 0 Å². The van der Waals surface area contributed by atoms with Gasteiger partial charge in [-0.1, -0.05) is 19.1 Å². The highest BCUT2D eigenvalue weighted by molar-refractivity contribution is 5.76. The van der Waals surface area contributed by atoms with Gasteiger partial charge in [0.1, 0.15) is 5.82 Å². The molecule has 0 amide bonds. The minimum atomic E-state index is -0.156. The van der Waals surface area contributed by atoms with Crippen molar-refractivity contribution in [2.75, 3.05) is 11.9 Å². The summed E-state index contributed by atoms with van der Waals surface area (Å²) in [5.41, 5.74) is 2.52. The van der Waals surface area contributed by atoms with Crippen LogP contribution in [0.3, 0.4) is 0 Å². The minimum absolute atomic E-state index is 0.156. The van der Waals surface area contributed by atoms with E-state index in [0.717, 1.165) is 29.0 Å². The average Bonchev–Trinajstić information content (AvgIpc) is 2.40. The predicted molar refractivity (Wildman–Crippen MR) is 78.3 cm³/mol. The third kappa shape index (κ3) is 3.01. The minimum Gasteiger partial charge on any atom is -0.396 e. The fourth-order valence-corrected chi connectivity index (χ4v) is 2.07. The molecule has 0 saturated carbocycles. The predicted octanol–water partition coefficient (Wildman–Crippen LogP) is 2.90. The van der Waals surface area contributed by atoms with E-state index < -0.39 is 0 Å². The molecule has 1 heterocycles. The summed E-state index contributed by atoms with van der Waals surface area (Å²) in [7, 11) is 0. The molecule has 0 aliphatic heterocycles. The van der Waals surface area contributed by atoms with E-state index in [1.54, 1.807) is 0 Å². The van der Waals surface area contributed by atoms with Crippen LogP contribution >= 0.6 is 0 Å². The Bertz CT molecular complexity index is 570. The summed E-state index contributed by atoms with van der Waals surface area (Å²) in [6.07, 6.45) is 1.61. The average molecular weight is 259 g/mol. The summed E-state index contributed by atoms with van der Waals surface area (Å²) in [5, 5.41) is 12.6. The monoisotopic (exact) mass is 259 g/mol. The highest BCUT2D eigenvalue weighted by atomic mass is 16.3. The number of nitrogens with zero attached hydrogens (tertiary/aromatic N) is 2. The van der Waals surface area contributed by atoms with Crippen molar-refractivity contribution in [3.8, 4) is 0 Å². The van der Waals surface area contributed by atoms with Crippen LogP contribution in [0.25, 0.3) is 11.0 Å². The van der Waals surface area contributed by atoms with Crippen LogP contribution in [0, 0.1) is 6.92 Å². The number of benzene rings is 1. The van der Waals surface area contributed by atoms with Crippen molar-refractivity contribution in [1.29, 1.82) is 0 Å². The summed E-state index contributed by atoms with van der Waals surface area (Å²) in [6.45, 7) is 6.32. The van der Waals surface area contributed by atoms with Crippen molar-refractivity contribution in [2.24, 2.45) is 0 Å². The fourth-order valence-electron chi connectivity index (χ4n) is 2.07. The third-order valence-electron chi connectivity index (χ3n) is 3.61. The summed E-state index contributed by atoms with van der Waals surface area (Å²) >= 11 is 0.